The molecule has 0 saturated heterocycles. The lowest BCUT2D eigenvalue weighted by Gasteiger charge is -2.09. The summed E-state index contributed by atoms with van der Waals surface area (Å²) in [4.78, 5) is 8.16. The molecule has 0 atom stereocenters. The molecule has 2 aromatic rings. The van der Waals surface area contributed by atoms with Gasteiger partial charge in [0, 0.05) is 18.6 Å². The van der Waals surface area contributed by atoms with Gasteiger partial charge in [-0.3, -0.25) is 4.98 Å². The van der Waals surface area contributed by atoms with Crippen molar-refractivity contribution in [1.29, 1.82) is 0 Å². The van der Waals surface area contributed by atoms with Crippen LogP contribution >= 0.6 is 0 Å². The lowest BCUT2D eigenvalue weighted by molar-refractivity contribution is -0.137. The Balaban J connectivity index is 2.47. The van der Waals surface area contributed by atoms with E-state index in [-0.39, 0.29) is 5.92 Å². The molecule has 0 aliphatic heterocycles. The lowest BCUT2D eigenvalue weighted by atomic mass is 10.1. The van der Waals surface area contributed by atoms with Gasteiger partial charge in [-0.05, 0) is 5.92 Å². The van der Waals surface area contributed by atoms with E-state index < -0.39 is 11.7 Å². The Morgan fingerprint density at radius 1 is 1.17 bits per heavy atom. The van der Waals surface area contributed by atoms with Crippen LogP contribution in [0, 0.1) is 0 Å². The highest BCUT2D eigenvalue weighted by Gasteiger charge is 2.32. The van der Waals surface area contributed by atoms with Gasteiger partial charge in [0.15, 0.2) is 5.82 Å². The molecule has 2 rings (SSSR count). The van der Waals surface area contributed by atoms with Crippen molar-refractivity contribution in [3.63, 3.8) is 0 Å². The number of halogens is 3. The summed E-state index contributed by atoms with van der Waals surface area (Å²) in [7, 11) is 0. The molecular weight excluding hydrogens is 245 g/mol. The van der Waals surface area contributed by atoms with Crippen LogP contribution < -0.4 is 0 Å². The molecule has 0 bridgehead atoms. The number of hydrogen-bond donors (Lipinski definition) is 0. The van der Waals surface area contributed by atoms with Gasteiger partial charge in [0.1, 0.15) is 0 Å². The summed E-state index contributed by atoms with van der Waals surface area (Å²) in [5.41, 5.74) is -0.197. The Morgan fingerprint density at radius 2 is 1.83 bits per heavy atom. The fourth-order valence-electron chi connectivity index (χ4n) is 1.51. The zero-order valence-corrected chi connectivity index (χ0v) is 9.81. The van der Waals surface area contributed by atoms with E-state index >= 15 is 0 Å². The Kier molecular flexibility index (Phi) is 3.06. The van der Waals surface area contributed by atoms with E-state index in [0.717, 1.165) is 17.1 Å². The maximum absolute atomic E-state index is 12.5. The Bertz CT molecular complexity index is 545. The Morgan fingerprint density at radius 3 is 2.39 bits per heavy atom. The quantitative estimate of drug-likeness (QED) is 0.829. The second-order valence-corrected chi connectivity index (χ2v) is 4.09. The molecule has 0 spiro atoms. The van der Waals surface area contributed by atoms with E-state index in [2.05, 4.69) is 15.1 Å². The number of nitrogens with zero attached hydrogens (tertiary/aromatic N) is 4. The van der Waals surface area contributed by atoms with Crippen molar-refractivity contribution in [2.24, 2.45) is 0 Å². The van der Waals surface area contributed by atoms with Crippen LogP contribution in [-0.2, 0) is 6.18 Å². The normalized spacial score (nSPS) is 12.1. The van der Waals surface area contributed by atoms with Crippen LogP contribution in [0.3, 0.4) is 0 Å². The van der Waals surface area contributed by atoms with Gasteiger partial charge in [-0.1, -0.05) is 13.8 Å². The van der Waals surface area contributed by atoms with Gasteiger partial charge in [-0.2, -0.15) is 18.3 Å². The summed E-state index contributed by atoms with van der Waals surface area (Å²) < 4.78 is 38.6. The monoisotopic (exact) mass is 256 g/mol. The fraction of sp³-hybridized carbons (Fsp3) is 0.364. The van der Waals surface area contributed by atoms with Crippen molar-refractivity contribution in [1.82, 2.24) is 19.7 Å². The predicted octanol–water partition coefficient (Wildman–Crippen LogP) is 2.80. The maximum atomic E-state index is 12.5. The van der Waals surface area contributed by atoms with Crippen LogP contribution in [0.2, 0.25) is 0 Å². The molecule has 0 saturated carbocycles. The SMILES string of the molecule is CC(C)c1nccnc1-n1cc(C(F)(F)F)cn1. The Hall–Kier alpha value is -1.92. The number of hydrogen-bond acceptors (Lipinski definition) is 3. The van der Waals surface area contributed by atoms with Crippen LogP contribution in [0.25, 0.3) is 5.82 Å². The predicted molar refractivity (Wildman–Crippen MR) is 58.2 cm³/mol. The van der Waals surface area contributed by atoms with Crippen molar-refractivity contribution in [2.75, 3.05) is 0 Å². The van der Waals surface area contributed by atoms with Crippen molar-refractivity contribution in [3.05, 3.63) is 36.0 Å². The molecule has 0 unspecified atom stereocenters. The summed E-state index contributed by atoms with van der Waals surface area (Å²) in [5, 5.41) is 3.69. The van der Waals surface area contributed by atoms with Crippen LogP contribution in [0.4, 0.5) is 13.2 Å². The molecule has 0 radical (unpaired) electrons. The van der Waals surface area contributed by atoms with Crippen molar-refractivity contribution in [2.45, 2.75) is 25.9 Å². The molecule has 0 N–H and O–H groups in total. The van der Waals surface area contributed by atoms with Crippen molar-refractivity contribution in [3.8, 4) is 5.82 Å². The molecule has 0 amide bonds. The molecule has 4 nitrogen and oxygen atoms in total. The molecule has 2 aromatic heterocycles. The first-order valence-electron chi connectivity index (χ1n) is 5.32. The topological polar surface area (TPSA) is 43.6 Å². The zero-order chi connectivity index (χ0) is 13.3. The van der Waals surface area contributed by atoms with Gasteiger partial charge < -0.3 is 0 Å². The molecule has 7 heteroatoms. The standard InChI is InChI=1S/C11H11F3N4/c1-7(2)9-10(16-4-3-15-9)18-6-8(5-17-18)11(12,13)14/h3-7H,1-2H3. The molecular formula is C11H11F3N4. The summed E-state index contributed by atoms with van der Waals surface area (Å²) in [6.07, 6.45) is 0.219. The van der Waals surface area contributed by atoms with Crippen LogP contribution in [0.5, 0.6) is 0 Å². The van der Waals surface area contributed by atoms with E-state index in [1.54, 1.807) is 0 Å². The average molecular weight is 256 g/mol. The van der Waals surface area contributed by atoms with Gasteiger partial charge in [0.05, 0.1) is 17.5 Å². The molecule has 0 aromatic carbocycles. The van der Waals surface area contributed by atoms with Gasteiger partial charge in [0.2, 0.25) is 0 Å². The van der Waals surface area contributed by atoms with Crippen LogP contribution in [-0.4, -0.2) is 19.7 Å². The third-order valence-electron chi connectivity index (χ3n) is 2.38. The van der Waals surface area contributed by atoms with E-state index in [1.165, 1.54) is 12.4 Å². The number of rotatable bonds is 2. The smallest absolute Gasteiger partial charge is 0.255 e. The van der Waals surface area contributed by atoms with E-state index in [1.807, 2.05) is 13.8 Å². The van der Waals surface area contributed by atoms with Crippen molar-refractivity contribution >= 4 is 0 Å². The highest BCUT2D eigenvalue weighted by molar-refractivity contribution is 5.30. The summed E-state index contributed by atoms with van der Waals surface area (Å²) >= 11 is 0. The van der Waals surface area contributed by atoms with Crippen molar-refractivity contribution < 1.29 is 13.2 Å². The lowest BCUT2D eigenvalue weighted by Crippen LogP contribution is -2.07. The Labute approximate surface area is 101 Å². The zero-order valence-electron chi connectivity index (χ0n) is 9.81. The van der Waals surface area contributed by atoms with E-state index in [0.29, 0.717) is 11.5 Å². The first-order valence-corrected chi connectivity index (χ1v) is 5.32. The highest BCUT2D eigenvalue weighted by atomic mass is 19.4. The number of aromatic nitrogens is 4. The van der Waals surface area contributed by atoms with Gasteiger partial charge >= 0.3 is 6.18 Å². The van der Waals surface area contributed by atoms with Crippen LogP contribution in [0.15, 0.2) is 24.8 Å². The summed E-state index contributed by atoms with van der Waals surface area (Å²) in [5.74, 6) is 0.371. The molecule has 2 heterocycles. The van der Waals surface area contributed by atoms with Gasteiger partial charge in [-0.15, -0.1) is 0 Å². The third kappa shape index (κ3) is 2.34. The van der Waals surface area contributed by atoms with Crippen LogP contribution in [0.1, 0.15) is 31.0 Å². The third-order valence-corrected chi connectivity index (χ3v) is 2.38. The summed E-state index contributed by atoms with van der Waals surface area (Å²) in [6, 6.07) is 0. The van der Waals surface area contributed by atoms with Gasteiger partial charge in [-0.25, -0.2) is 9.67 Å². The second-order valence-electron chi connectivity index (χ2n) is 4.09. The largest absolute Gasteiger partial charge is 0.419 e. The first-order chi connectivity index (χ1) is 8.39. The minimum atomic E-state index is -4.40. The number of alkyl halides is 3. The second kappa shape index (κ2) is 4.40. The summed E-state index contributed by atoms with van der Waals surface area (Å²) in [6.45, 7) is 3.78. The minimum Gasteiger partial charge on any atom is -0.255 e. The molecule has 0 aliphatic rings. The first kappa shape index (κ1) is 12.5. The highest BCUT2D eigenvalue weighted by Crippen LogP contribution is 2.29. The molecule has 0 fully saturated rings. The van der Waals surface area contributed by atoms with Gasteiger partial charge in [0.25, 0.3) is 0 Å². The van der Waals surface area contributed by atoms with E-state index in [9.17, 15) is 13.2 Å². The molecule has 18 heavy (non-hydrogen) atoms. The fourth-order valence-corrected chi connectivity index (χ4v) is 1.51. The molecule has 96 valence electrons. The molecule has 0 aliphatic carbocycles. The maximum Gasteiger partial charge on any atom is 0.419 e. The minimum absolute atomic E-state index is 0.0484. The average Bonchev–Trinajstić information content (AvgIpc) is 2.77. The van der Waals surface area contributed by atoms with E-state index in [4.69, 9.17) is 0 Å².